The third kappa shape index (κ3) is 2.10. The summed E-state index contributed by atoms with van der Waals surface area (Å²) < 4.78 is 0. The smallest absolute Gasteiger partial charge is 0.0403 e. The summed E-state index contributed by atoms with van der Waals surface area (Å²) in [5.41, 5.74) is 13.3. The molecule has 0 aromatic carbocycles. The van der Waals surface area contributed by atoms with Gasteiger partial charge in [-0.1, -0.05) is 5.11 Å². The molecule has 0 saturated heterocycles. The third-order valence-electron chi connectivity index (χ3n) is 1.36. The van der Waals surface area contributed by atoms with Gasteiger partial charge in [0.2, 0.25) is 0 Å². The van der Waals surface area contributed by atoms with Crippen LogP contribution in [0, 0.1) is 0 Å². The fourth-order valence-corrected chi connectivity index (χ4v) is 0.797. The Morgan fingerprint density at radius 2 is 2.11 bits per heavy atom. The van der Waals surface area contributed by atoms with Crippen molar-refractivity contribution in [1.29, 1.82) is 0 Å². The monoisotopic (exact) mass is 148 g/mol. The second-order valence-corrected chi connectivity index (χ2v) is 2.09. The molecule has 0 amide bonds. The van der Waals surface area contributed by atoms with Crippen LogP contribution in [0.2, 0.25) is 0 Å². The Morgan fingerprint density at radius 1 is 1.56 bits per heavy atom. The van der Waals surface area contributed by atoms with Crippen LogP contribution in [0.4, 0.5) is 0 Å². The Hall–Kier alpha value is -0.440. The lowest BCUT2D eigenvalue weighted by Gasteiger charge is -2.27. The molecule has 0 bridgehead atoms. The highest BCUT2D eigenvalue weighted by Crippen LogP contribution is 2.20. The maximum absolute atomic E-state index is 7.91. The lowest BCUT2D eigenvalue weighted by atomic mass is 9.89. The minimum atomic E-state index is 0. The number of nitrogens with zero attached hydrogens (tertiary/aromatic N) is 3. The lowest BCUT2D eigenvalue weighted by molar-refractivity contribution is 0.351. The zero-order chi connectivity index (χ0) is 5.98. The highest BCUT2D eigenvalue weighted by molar-refractivity contribution is 5.85. The van der Waals surface area contributed by atoms with E-state index >= 15 is 0 Å². The number of hydrogen-bond donors (Lipinski definition) is 1. The predicted molar refractivity (Wildman–Crippen MR) is 37.4 cm³/mol. The second kappa shape index (κ2) is 3.56. The van der Waals surface area contributed by atoms with Gasteiger partial charge < -0.3 is 5.73 Å². The molecule has 52 valence electrons. The molecule has 1 rings (SSSR count). The molecule has 9 heavy (non-hydrogen) atoms. The van der Waals surface area contributed by atoms with E-state index in [1.54, 1.807) is 0 Å². The zero-order valence-corrected chi connectivity index (χ0v) is 5.71. The molecule has 1 fully saturated rings. The van der Waals surface area contributed by atoms with Crippen molar-refractivity contribution in [3.63, 3.8) is 0 Å². The first-order chi connectivity index (χ1) is 3.83. The van der Waals surface area contributed by atoms with E-state index in [1.807, 2.05) is 0 Å². The second-order valence-electron chi connectivity index (χ2n) is 2.09. The fraction of sp³-hybridized carbons (Fsp3) is 1.00. The molecule has 1 saturated carbocycles. The number of azide groups is 1. The van der Waals surface area contributed by atoms with Gasteiger partial charge in [-0.15, -0.1) is 12.4 Å². The normalized spacial score (nSPS) is 31.2. The molecule has 0 aromatic heterocycles. The Morgan fingerprint density at radius 3 is 2.44 bits per heavy atom. The van der Waals surface area contributed by atoms with Gasteiger partial charge in [-0.2, -0.15) is 0 Å². The van der Waals surface area contributed by atoms with E-state index < -0.39 is 0 Å². The van der Waals surface area contributed by atoms with Crippen molar-refractivity contribution < 1.29 is 0 Å². The van der Waals surface area contributed by atoms with E-state index in [1.165, 1.54) is 0 Å². The van der Waals surface area contributed by atoms with Crippen LogP contribution >= 0.6 is 12.4 Å². The fourth-order valence-electron chi connectivity index (χ4n) is 0.797. The zero-order valence-electron chi connectivity index (χ0n) is 4.90. The van der Waals surface area contributed by atoms with Crippen molar-refractivity contribution in [2.45, 2.75) is 24.9 Å². The summed E-state index contributed by atoms with van der Waals surface area (Å²) in [6.07, 6.45) is 1.73. The third-order valence-corrected chi connectivity index (χ3v) is 1.36. The Bertz CT molecular complexity index is 125. The van der Waals surface area contributed by atoms with E-state index in [0.717, 1.165) is 12.8 Å². The van der Waals surface area contributed by atoms with E-state index in [-0.39, 0.29) is 24.5 Å². The highest BCUT2D eigenvalue weighted by atomic mass is 35.5. The predicted octanol–water partition coefficient (Wildman–Crippen LogP) is 1.21. The average Bonchev–Trinajstić information content (AvgIpc) is 1.64. The summed E-state index contributed by atoms with van der Waals surface area (Å²) >= 11 is 0. The van der Waals surface area contributed by atoms with Gasteiger partial charge in [0.05, 0.1) is 0 Å². The van der Waals surface area contributed by atoms with Crippen LogP contribution < -0.4 is 5.73 Å². The Balaban J connectivity index is 0.000000640. The molecule has 4 nitrogen and oxygen atoms in total. The summed E-state index contributed by atoms with van der Waals surface area (Å²) in [6.45, 7) is 0. The van der Waals surface area contributed by atoms with E-state index in [9.17, 15) is 0 Å². The van der Waals surface area contributed by atoms with Crippen molar-refractivity contribution in [3.8, 4) is 0 Å². The van der Waals surface area contributed by atoms with Gasteiger partial charge in [0.15, 0.2) is 0 Å². The SMILES string of the molecule is Cl.[N-]=[N+]=NC1CC(N)C1. The number of nitrogens with two attached hydrogens (primary N) is 1. The topological polar surface area (TPSA) is 74.8 Å². The summed E-state index contributed by atoms with van der Waals surface area (Å²) in [7, 11) is 0. The van der Waals surface area contributed by atoms with Gasteiger partial charge >= 0.3 is 0 Å². The maximum Gasteiger partial charge on any atom is 0.0403 e. The van der Waals surface area contributed by atoms with E-state index in [2.05, 4.69) is 10.0 Å². The van der Waals surface area contributed by atoms with Crippen LogP contribution in [0.1, 0.15) is 12.8 Å². The van der Waals surface area contributed by atoms with Gasteiger partial charge in [-0.25, -0.2) is 0 Å². The molecule has 0 radical (unpaired) electrons. The molecule has 0 aromatic rings. The Labute approximate surface area is 59.5 Å². The molecule has 0 unspecified atom stereocenters. The summed E-state index contributed by atoms with van der Waals surface area (Å²) in [5.74, 6) is 0. The van der Waals surface area contributed by atoms with Gasteiger partial charge in [-0.05, 0) is 18.4 Å². The molecule has 0 atom stereocenters. The van der Waals surface area contributed by atoms with Crippen molar-refractivity contribution in [1.82, 2.24) is 0 Å². The van der Waals surface area contributed by atoms with Gasteiger partial charge in [-0.3, -0.25) is 0 Å². The van der Waals surface area contributed by atoms with Gasteiger partial charge in [0.1, 0.15) is 0 Å². The van der Waals surface area contributed by atoms with Crippen LogP contribution in [-0.2, 0) is 0 Å². The van der Waals surface area contributed by atoms with Crippen LogP contribution in [0.3, 0.4) is 0 Å². The molecule has 2 N–H and O–H groups in total. The minimum absolute atomic E-state index is 0. The maximum atomic E-state index is 7.91. The standard InChI is InChI=1S/C4H8N4.ClH/c5-3-1-4(2-3)7-8-6;/h3-4H,1-2,5H2;1H. The molecular formula is C4H9ClN4. The van der Waals surface area contributed by atoms with E-state index in [0.29, 0.717) is 0 Å². The molecular weight excluding hydrogens is 140 g/mol. The number of hydrogen-bond acceptors (Lipinski definition) is 2. The number of halogens is 1. The van der Waals surface area contributed by atoms with Crippen molar-refractivity contribution in [3.05, 3.63) is 10.4 Å². The lowest BCUT2D eigenvalue weighted by Crippen LogP contribution is -2.38. The summed E-state index contributed by atoms with van der Waals surface area (Å²) in [5, 5.41) is 3.48. The molecule has 0 spiro atoms. The van der Waals surface area contributed by atoms with Gasteiger partial charge in [0.25, 0.3) is 0 Å². The van der Waals surface area contributed by atoms with Crippen molar-refractivity contribution >= 4 is 12.4 Å². The van der Waals surface area contributed by atoms with Gasteiger partial charge in [0, 0.05) is 17.0 Å². The molecule has 5 heteroatoms. The molecule has 0 heterocycles. The molecule has 0 aliphatic heterocycles. The molecule has 1 aliphatic carbocycles. The average molecular weight is 149 g/mol. The van der Waals surface area contributed by atoms with Crippen LogP contribution in [-0.4, -0.2) is 12.1 Å². The van der Waals surface area contributed by atoms with E-state index in [4.69, 9.17) is 11.3 Å². The van der Waals surface area contributed by atoms with Crippen molar-refractivity contribution in [2.75, 3.05) is 0 Å². The number of rotatable bonds is 1. The Kier molecular flexibility index (Phi) is 3.39. The van der Waals surface area contributed by atoms with Crippen LogP contribution in [0.15, 0.2) is 5.11 Å². The van der Waals surface area contributed by atoms with Crippen molar-refractivity contribution in [2.24, 2.45) is 10.8 Å². The van der Waals surface area contributed by atoms with Crippen LogP contribution in [0.5, 0.6) is 0 Å². The highest BCUT2D eigenvalue weighted by Gasteiger charge is 2.23. The molecule has 1 aliphatic rings. The largest absolute Gasteiger partial charge is 0.328 e. The van der Waals surface area contributed by atoms with Crippen LogP contribution in [0.25, 0.3) is 10.4 Å². The minimum Gasteiger partial charge on any atom is -0.328 e. The quantitative estimate of drug-likeness (QED) is 0.339. The first kappa shape index (κ1) is 8.56. The summed E-state index contributed by atoms with van der Waals surface area (Å²) in [4.78, 5) is 2.66. The first-order valence-electron chi connectivity index (χ1n) is 2.62. The first-order valence-corrected chi connectivity index (χ1v) is 2.62. The summed E-state index contributed by atoms with van der Waals surface area (Å²) in [6, 6.07) is 0.473.